The van der Waals surface area contributed by atoms with Crippen LogP contribution in [-0.2, 0) is 4.79 Å². The lowest BCUT2D eigenvalue weighted by Crippen LogP contribution is -2.44. The van der Waals surface area contributed by atoms with Crippen LogP contribution in [0, 0.1) is 16.7 Å². The second-order valence-electron chi connectivity index (χ2n) is 6.94. The van der Waals surface area contributed by atoms with Gasteiger partial charge in [0.25, 0.3) is 0 Å². The van der Waals surface area contributed by atoms with Crippen molar-refractivity contribution in [3.8, 4) is 0 Å². The highest BCUT2D eigenvalue weighted by molar-refractivity contribution is 7.80. The molecule has 1 aromatic carbocycles. The van der Waals surface area contributed by atoms with E-state index in [2.05, 4.69) is 24.7 Å². The minimum Gasteiger partial charge on any atom is -0.299 e. The van der Waals surface area contributed by atoms with Crippen molar-refractivity contribution in [2.24, 2.45) is 16.3 Å². The molecule has 1 saturated carbocycles. The minimum atomic E-state index is -0.344. The van der Waals surface area contributed by atoms with Crippen LogP contribution in [0.3, 0.4) is 0 Å². The summed E-state index contributed by atoms with van der Waals surface area (Å²) >= 11 is 11.3. The van der Waals surface area contributed by atoms with Crippen LogP contribution in [-0.4, -0.2) is 22.4 Å². The van der Waals surface area contributed by atoms with Gasteiger partial charge in [-0.3, -0.25) is 10.2 Å². The molecular weight excluding hydrogens is 328 g/mol. The number of nitrogens with zero attached hydrogens (tertiary/aromatic N) is 1. The van der Waals surface area contributed by atoms with Gasteiger partial charge in [0, 0.05) is 23.1 Å². The van der Waals surface area contributed by atoms with Crippen molar-refractivity contribution in [3.05, 3.63) is 40.4 Å². The number of fused-ring (bicyclic) bond motifs is 1. The number of Topliss-reactive ketones (excluding diaryl/α,β-unsaturated/α-hetero) is 1. The molecule has 3 rings (SSSR count). The molecule has 2 atom stereocenters. The van der Waals surface area contributed by atoms with Crippen LogP contribution >= 0.6 is 23.8 Å². The first-order valence-electron chi connectivity index (χ1n) is 7.52. The Morgan fingerprint density at radius 2 is 1.91 bits per heavy atom. The molecule has 0 aromatic heterocycles. The lowest BCUT2D eigenvalue weighted by atomic mass is 9.63. The van der Waals surface area contributed by atoms with Crippen LogP contribution < -0.4 is 0 Å². The number of nitrogens with one attached hydrogen (secondary N) is 1. The third-order valence-electron chi connectivity index (χ3n) is 4.50. The third-order valence-corrected chi connectivity index (χ3v) is 5.07. The van der Waals surface area contributed by atoms with E-state index in [1.165, 1.54) is 0 Å². The van der Waals surface area contributed by atoms with E-state index < -0.39 is 0 Å². The van der Waals surface area contributed by atoms with E-state index in [1.807, 2.05) is 12.1 Å². The van der Waals surface area contributed by atoms with E-state index in [1.54, 1.807) is 12.1 Å². The molecule has 0 radical (unpaired) electrons. The molecule has 23 heavy (non-hydrogen) atoms. The molecule has 0 bridgehead atoms. The molecule has 1 unspecified atom stereocenters. The Labute approximate surface area is 146 Å². The van der Waals surface area contributed by atoms with Crippen LogP contribution in [0.4, 0.5) is 0 Å². The number of thiocarbonyl (C=S) groups is 1. The first kappa shape index (κ1) is 16.3. The van der Waals surface area contributed by atoms with Gasteiger partial charge in [-0.2, -0.15) is 0 Å². The summed E-state index contributed by atoms with van der Waals surface area (Å²) < 4.78 is 0. The van der Waals surface area contributed by atoms with Crippen molar-refractivity contribution in [3.63, 3.8) is 0 Å². The Hall–Kier alpha value is -1.61. The fraction of sp³-hybridized carbons (Fsp3) is 0.389. The van der Waals surface area contributed by atoms with E-state index in [0.717, 1.165) is 17.7 Å². The monoisotopic (exact) mass is 344 g/mol. The third kappa shape index (κ3) is 2.94. The van der Waals surface area contributed by atoms with E-state index in [9.17, 15) is 4.79 Å². The lowest BCUT2D eigenvalue weighted by molar-refractivity contribution is -0.124. The van der Waals surface area contributed by atoms with E-state index in [4.69, 9.17) is 29.2 Å². The van der Waals surface area contributed by atoms with Gasteiger partial charge in [-0.15, -0.1) is 0 Å². The number of hydrogen-bond acceptors (Lipinski definition) is 3. The van der Waals surface area contributed by atoms with Gasteiger partial charge in [0.1, 0.15) is 10.8 Å². The van der Waals surface area contributed by atoms with Crippen molar-refractivity contribution in [1.29, 1.82) is 5.41 Å². The van der Waals surface area contributed by atoms with Crippen molar-refractivity contribution < 1.29 is 4.79 Å². The highest BCUT2D eigenvalue weighted by Crippen LogP contribution is 2.45. The van der Waals surface area contributed by atoms with E-state index in [0.29, 0.717) is 22.0 Å². The van der Waals surface area contributed by atoms with Crippen molar-refractivity contribution in [1.82, 2.24) is 0 Å². The number of ketones is 1. The molecule has 1 heterocycles. The maximum Gasteiger partial charge on any atom is 0.143 e. The van der Waals surface area contributed by atoms with E-state index in [-0.39, 0.29) is 23.0 Å². The van der Waals surface area contributed by atoms with Crippen LogP contribution in [0.2, 0.25) is 5.02 Å². The Balaban J connectivity index is 2.15. The summed E-state index contributed by atoms with van der Waals surface area (Å²) in [7, 11) is 0. The average molecular weight is 345 g/mol. The SMILES string of the molecule is CC1(C)CC(=O)C2C(=NC(=S)C(=C=N)[C@@H]2c2ccc(Cl)cc2)C1. The normalized spacial score (nSPS) is 26.4. The zero-order valence-corrected chi connectivity index (χ0v) is 14.6. The predicted octanol–water partition coefficient (Wildman–Crippen LogP) is 4.39. The topological polar surface area (TPSA) is 53.3 Å². The second kappa shape index (κ2) is 5.79. The first-order valence-corrected chi connectivity index (χ1v) is 8.30. The molecule has 5 heteroatoms. The van der Waals surface area contributed by atoms with Crippen LogP contribution in [0.5, 0.6) is 0 Å². The summed E-state index contributed by atoms with van der Waals surface area (Å²) in [4.78, 5) is 17.7. The highest BCUT2D eigenvalue weighted by atomic mass is 35.5. The molecule has 1 aliphatic carbocycles. The van der Waals surface area contributed by atoms with Gasteiger partial charge >= 0.3 is 0 Å². The van der Waals surface area contributed by atoms with Crippen LogP contribution in [0.1, 0.15) is 38.2 Å². The number of rotatable bonds is 1. The quantitative estimate of drug-likeness (QED) is 0.467. The molecular formula is C18H17ClN2OS. The number of aliphatic imine (C=N–C) groups is 1. The number of carbonyl (C=O) groups is 1. The number of halogens is 1. The van der Waals surface area contributed by atoms with E-state index >= 15 is 0 Å². The highest BCUT2D eigenvalue weighted by Gasteiger charge is 2.46. The van der Waals surface area contributed by atoms with Gasteiger partial charge < -0.3 is 0 Å². The summed E-state index contributed by atoms with van der Waals surface area (Å²) in [5.74, 6) is 1.96. The average Bonchev–Trinajstić information content (AvgIpc) is 2.45. The Kier molecular flexibility index (Phi) is 4.09. The molecule has 1 aromatic rings. The molecule has 0 saturated heterocycles. The zero-order valence-electron chi connectivity index (χ0n) is 13.0. The van der Waals surface area contributed by atoms with Gasteiger partial charge in [0.2, 0.25) is 0 Å². The van der Waals surface area contributed by atoms with Gasteiger partial charge in [-0.25, -0.2) is 4.99 Å². The summed E-state index contributed by atoms with van der Waals surface area (Å²) in [6.45, 7) is 4.15. The molecule has 1 aliphatic heterocycles. The fourth-order valence-electron chi connectivity index (χ4n) is 3.57. The van der Waals surface area contributed by atoms with Crippen LogP contribution in [0.25, 0.3) is 0 Å². The summed E-state index contributed by atoms with van der Waals surface area (Å²) in [5.41, 5.74) is 2.19. The minimum absolute atomic E-state index is 0.0987. The number of carbonyl (C=O) groups excluding carboxylic acids is 1. The summed E-state index contributed by atoms with van der Waals surface area (Å²) in [6, 6.07) is 7.38. The first-order chi connectivity index (χ1) is 10.8. The number of benzene rings is 1. The van der Waals surface area contributed by atoms with Gasteiger partial charge in [-0.1, -0.05) is 49.8 Å². The maximum absolute atomic E-state index is 12.8. The number of hydrogen-bond donors (Lipinski definition) is 1. The maximum atomic E-state index is 12.8. The molecule has 1 fully saturated rings. The lowest BCUT2D eigenvalue weighted by Gasteiger charge is -2.40. The molecule has 0 amide bonds. The Morgan fingerprint density at radius 3 is 2.52 bits per heavy atom. The molecule has 0 spiro atoms. The smallest absolute Gasteiger partial charge is 0.143 e. The fourth-order valence-corrected chi connectivity index (χ4v) is 3.99. The molecule has 118 valence electrons. The molecule has 2 aliphatic rings. The predicted molar refractivity (Wildman–Crippen MR) is 97.0 cm³/mol. The second-order valence-corrected chi connectivity index (χ2v) is 7.76. The molecule has 1 N–H and O–H groups in total. The van der Waals surface area contributed by atoms with Gasteiger partial charge in [-0.05, 0) is 35.4 Å². The van der Waals surface area contributed by atoms with Crippen molar-refractivity contribution in [2.45, 2.75) is 32.6 Å². The zero-order chi connectivity index (χ0) is 16.8. The van der Waals surface area contributed by atoms with Crippen molar-refractivity contribution >= 4 is 46.2 Å². The van der Waals surface area contributed by atoms with Gasteiger partial charge in [0.05, 0.1) is 11.5 Å². The molecule has 3 nitrogen and oxygen atoms in total. The standard InChI is InChI=1S/C18H17ClN2OS/c1-18(2)7-13-16(14(22)8-18)15(12(9-20)17(23)21-13)10-3-5-11(19)6-4-10/h3-6,15-16,20H,7-8H2,1-2H3/t15-,16?/m0/s1. The largest absolute Gasteiger partial charge is 0.299 e. The Bertz CT molecular complexity index is 773. The van der Waals surface area contributed by atoms with Gasteiger partial charge in [0.15, 0.2) is 0 Å². The van der Waals surface area contributed by atoms with Crippen molar-refractivity contribution in [2.75, 3.05) is 0 Å². The van der Waals surface area contributed by atoms with Crippen LogP contribution in [0.15, 0.2) is 34.8 Å². The summed E-state index contributed by atoms with van der Waals surface area (Å²) in [6.07, 6.45) is 1.26. The summed E-state index contributed by atoms with van der Waals surface area (Å²) in [5, 5.41) is 8.25. The Morgan fingerprint density at radius 1 is 1.26 bits per heavy atom.